The van der Waals surface area contributed by atoms with Gasteiger partial charge in [0.25, 0.3) is 5.69 Å². The van der Waals surface area contributed by atoms with Gasteiger partial charge in [-0.2, -0.15) is 0 Å². The van der Waals surface area contributed by atoms with Crippen molar-refractivity contribution >= 4 is 15.7 Å². The van der Waals surface area contributed by atoms with Gasteiger partial charge in [-0.3, -0.25) is 10.1 Å². The van der Waals surface area contributed by atoms with Gasteiger partial charge in [-0.1, -0.05) is 18.2 Å². The summed E-state index contributed by atoms with van der Waals surface area (Å²) < 4.78 is 26.4. The van der Waals surface area contributed by atoms with Crippen LogP contribution in [0.2, 0.25) is 0 Å². The van der Waals surface area contributed by atoms with E-state index in [0.29, 0.717) is 5.56 Å². The van der Waals surface area contributed by atoms with E-state index in [2.05, 4.69) is 4.72 Å². The lowest BCUT2D eigenvalue weighted by molar-refractivity contribution is -0.384. The summed E-state index contributed by atoms with van der Waals surface area (Å²) in [5.74, 6) is -0.159. The number of rotatable bonds is 5. The second-order valence-electron chi connectivity index (χ2n) is 4.25. The molecule has 2 N–H and O–H groups in total. The van der Waals surface area contributed by atoms with Crippen molar-refractivity contribution in [3.63, 3.8) is 0 Å². The summed E-state index contributed by atoms with van der Waals surface area (Å²) in [4.78, 5) is 10.0. The fourth-order valence-corrected chi connectivity index (χ4v) is 2.75. The first-order chi connectivity index (χ1) is 9.88. The van der Waals surface area contributed by atoms with E-state index in [1.807, 2.05) is 0 Å². The minimum absolute atomic E-state index is 0.0760. The van der Waals surface area contributed by atoms with E-state index in [-0.39, 0.29) is 22.9 Å². The van der Waals surface area contributed by atoms with Crippen molar-refractivity contribution in [2.45, 2.75) is 11.4 Å². The van der Waals surface area contributed by atoms with E-state index in [4.69, 9.17) is 0 Å². The Bertz CT molecular complexity index is 774. The summed E-state index contributed by atoms with van der Waals surface area (Å²) in [5, 5.41) is 19.9. The number of hydrogen-bond acceptors (Lipinski definition) is 5. The van der Waals surface area contributed by atoms with Crippen LogP contribution in [0.25, 0.3) is 0 Å². The molecule has 0 unspecified atom stereocenters. The van der Waals surface area contributed by atoms with Crippen LogP contribution < -0.4 is 4.72 Å². The molecule has 8 heteroatoms. The summed E-state index contributed by atoms with van der Waals surface area (Å²) in [7, 11) is -3.79. The first-order valence-corrected chi connectivity index (χ1v) is 7.39. The quantitative estimate of drug-likeness (QED) is 0.646. The Morgan fingerprint density at radius 2 is 1.86 bits per heavy atom. The Balaban J connectivity index is 2.15. The molecule has 0 radical (unpaired) electrons. The number of hydrogen-bond donors (Lipinski definition) is 2. The number of non-ortho nitro benzene ring substituents is 1. The average molecular weight is 308 g/mol. The van der Waals surface area contributed by atoms with Gasteiger partial charge in [0.2, 0.25) is 10.0 Å². The zero-order chi connectivity index (χ0) is 15.5. The Kier molecular flexibility index (Phi) is 4.20. The number of phenols is 1. The minimum Gasteiger partial charge on any atom is -0.508 e. The van der Waals surface area contributed by atoms with Crippen molar-refractivity contribution in [1.29, 1.82) is 0 Å². The van der Waals surface area contributed by atoms with Crippen LogP contribution in [0.1, 0.15) is 5.56 Å². The summed E-state index contributed by atoms with van der Waals surface area (Å²) in [6, 6.07) is 10.9. The molecule has 0 aliphatic carbocycles. The molecule has 0 fully saturated rings. The minimum atomic E-state index is -3.79. The van der Waals surface area contributed by atoms with E-state index < -0.39 is 14.9 Å². The van der Waals surface area contributed by atoms with Crippen LogP contribution in [0.15, 0.2) is 53.4 Å². The third-order valence-electron chi connectivity index (χ3n) is 2.72. The van der Waals surface area contributed by atoms with Gasteiger partial charge in [-0.05, 0) is 23.8 Å². The highest BCUT2D eigenvalue weighted by atomic mass is 32.2. The molecule has 0 spiro atoms. The molecular weight excluding hydrogens is 296 g/mol. The summed E-state index contributed by atoms with van der Waals surface area (Å²) in [6.07, 6.45) is 0. The monoisotopic (exact) mass is 308 g/mol. The predicted molar refractivity (Wildman–Crippen MR) is 75.2 cm³/mol. The van der Waals surface area contributed by atoms with Gasteiger partial charge in [0.05, 0.1) is 9.82 Å². The standard InChI is InChI=1S/C13H12N2O5S/c16-12-5-2-6-13(8-12)21(19,20)14-9-10-3-1-4-11(7-10)15(17)18/h1-8,14,16H,9H2. The lowest BCUT2D eigenvalue weighted by Gasteiger charge is -2.07. The van der Waals surface area contributed by atoms with Gasteiger partial charge in [0, 0.05) is 18.7 Å². The smallest absolute Gasteiger partial charge is 0.269 e. The summed E-state index contributed by atoms with van der Waals surface area (Å²) in [5.41, 5.74) is 0.358. The first-order valence-electron chi connectivity index (χ1n) is 5.90. The highest BCUT2D eigenvalue weighted by molar-refractivity contribution is 7.89. The van der Waals surface area contributed by atoms with E-state index in [1.54, 1.807) is 6.07 Å². The van der Waals surface area contributed by atoms with Crippen LogP contribution in [0.5, 0.6) is 5.75 Å². The molecular formula is C13H12N2O5S. The molecule has 0 aliphatic rings. The molecule has 0 amide bonds. The van der Waals surface area contributed by atoms with Crippen molar-refractivity contribution in [2.24, 2.45) is 0 Å². The molecule has 0 saturated heterocycles. The molecule has 7 nitrogen and oxygen atoms in total. The molecule has 0 atom stereocenters. The second kappa shape index (κ2) is 5.90. The number of nitro groups is 1. The van der Waals surface area contributed by atoms with Crippen LogP contribution in [0.3, 0.4) is 0 Å². The topological polar surface area (TPSA) is 110 Å². The van der Waals surface area contributed by atoms with Crippen LogP contribution in [0, 0.1) is 10.1 Å². The van der Waals surface area contributed by atoms with Crippen LogP contribution in [-0.2, 0) is 16.6 Å². The highest BCUT2D eigenvalue weighted by Crippen LogP contribution is 2.17. The van der Waals surface area contributed by atoms with Gasteiger partial charge in [-0.15, -0.1) is 0 Å². The Morgan fingerprint density at radius 3 is 2.52 bits per heavy atom. The molecule has 0 bridgehead atoms. The zero-order valence-corrected chi connectivity index (χ0v) is 11.6. The summed E-state index contributed by atoms with van der Waals surface area (Å²) >= 11 is 0. The van der Waals surface area contributed by atoms with Gasteiger partial charge >= 0.3 is 0 Å². The molecule has 110 valence electrons. The van der Waals surface area contributed by atoms with E-state index in [1.165, 1.54) is 36.4 Å². The fourth-order valence-electron chi connectivity index (χ4n) is 1.69. The third-order valence-corrected chi connectivity index (χ3v) is 4.11. The van der Waals surface area contributed by atoms with Crippen LogP contribution in [-0.4, -0.2) is 18.4 Å². The maximum atomic E-state index is 12.0. The van der Waals surface area contributed by atoms with E-state index in [9.17, 15) is 23.6 Å². The van der Waals surface area contributed by atoms with Gasteiger partial charge in [0.1, 0.15) is 5.75 Å². The van der Waals surface area contributed by atoms with Crippen molar-refractivity contribution in [2.75, 3.05) is 0 Å². The first kappa shape index (κ1) is 14.9. The Morgan fingerprint density at radius 1 is 1.14 bits per heavy atom. The van der Waals surface area contributed by atoms with Crippen LogP contribution >= 0.6 is 0 Å². The largest absolute Gasteiger partial charge is 0.508 e. The van der Waals surface area contributed by atoms with Gasteiger partial charge in [-0.25, -0.2) is 13.1 Å². The summed E-state index contributed by atoms with van der Waals surface area (Å²) in [6.45, 7) is -0.0837. The maximum absolute atomic E-state index is 12.0. The van der Waals surface area contributed by atoms with Gasteiger partial charge < -0.3 is 5.11 Å². The van der Waals surface area contributed by atoms with Crippen molar-refractivity contribution in [3.8, 4) is 5.75 Å². The number of nitro benzene ring substituents is 1. The molecule has 2 aromatic carbocycles. The molecule has 0 aliphatic heterocycles. The zero-order valence-electron chi connectivity index (χ0n) is 10.8. The lowest BCUT2D eigenvalue weighted by Crippen LogP contribution is -2.23. The highest BCUT2D eigenvalue weighted by Gasteiger charge is 2.14. The number of aromatic hydroxyl groups is 1. The Hall–Kier alpha value is -2.45. The maximum Gasteiger partial charge on any atom is 0.269 e. The number of sulfonamides is 1. The third kappa shape index (κ3) is 3.77. The molecule has 0 aromatic heterocycles. The normalized spacial score (nSPS) is 11.2. The molecule has 21 heavy (non-hydrogen) atoms. The van der Waals surface area contributed by atoms with Crippen LogP contribution in [0.4, 0.5) is 5.69 Å². The van der Waals surface area contributed by atoms with Crippen molar-refractivity contribution < 1.29 is 18.4 Å². The lowest BCUT2D eigenvalue weighted by atomic mass is 10.2. The number of nitrogens with one attached hydrogen (secondary N) is 1. The molecule has 2 aromatic rings. The predicted octanol–water partition coefficient (Wildman–Crippen LogP) is 1.78. The number of benzene rings is 2. The average Bonchev–Trinajstić information content (AvgIpc) is 2.45. The van der Waals surface area contributed by atoms with E-state index >= 15 is 0 Å². The fraction of sp³-hybridized carbons (Fsp3) is 0.0769. The second-order valence-corrected chi connectivity index (χ2v) is 6.02. The van der Waals surface area contributed by atoms with Gasteiger partial charge in [0.15, 0.2) is 0 Å². The molecule has 0 heterocycles. The SMILES string of the molecule is O=[N+]([O-])c1cccc(CNS(=O)(=O)c2cccc(O)c2)c1. The molecule has 2 rings (SSSR count). The number of phenolic OH excluding ortho intramolecular Hbond substituents is 1. The molecule has 0 saturated carbocycles. The van der Waals surface area contributed by atoms with E-state index in [0.717, 1.165) is 6.07 Å². The number of nitrogens with zero attached hydrogens (tertiary/aromatic N) is 1. The Labute approximate surface area is 121 Å². The van der Waals surface area contributed by atoms with Crippen molar-refractivity contribution in [3.05, 3.63) is 64.2 Å². The van der Waals surface area contributed by atoms with Crippen molar-refractivity contribution in [1.82, 2.24) is 4.72 Å².